The number of amides is 1. The lowest BCUT2D eigenvalue weighted by Crippen LogP contribution is -2.47. The summed E-state index contributed by atoms with van der Waals surface area (Å²) in [6.45, 7) is 0.400. The van der Waals surface area contributed by atoms with Crippen LogP contribution in [0, 0.1) is 29.0 Å². The quantitative estimate of drug-likeness (QED) is 0.222. The Hall–Kier alpha value is -3.52. The summed E-state index contributed by atoms with van der Waals surface area (Å²) in [4.78, 5) is 16.5. The van der Waals surface area contributed by atoms with Gasteiger partial charge >= 0.3 is 0 Å². The van der Waals surface area contributed by atoms with Crippen LogP contribution < -0.4 is 10.6 Å². The smallest absolute Gasteiger partial charge is 0.250 e. The van der Waals surface area contributed by atoms with E-state index in [1.165, 1.54) is 5.01 Å². The number of nitrogens with zero attached hydrogens (tertiary/aromatic N) is 4. The van der Waals surface area contributed by atoms with Crippen molar-refractivity contribution in [3.8, 4) is 6.19 Å². The van der Waals surface area contributed by atoms with Crippen LogP contribution in [0.1, 0.15) is 49.7 Å². The summed E-state index contributed by atoms with van der Waals surface area (Å²) in [5.74, 6) is -2.31. The van der Waals surface area contributed by atoms with Gasteiger partial charge in [-0.2, -0.15) is 10.4 Å². The van der Waals surface area contributed by atoms with Crippen LogP contribution in [0.3, 0.4) is 0 Å². The van der Waals surface area contributed by atoms with E-state index in [1.54, 1.807) is 13.2 Å². The molecule has 11 heteroatoms. The van der Waals surface area contributed by atoms with E-state index in [0.29, 0.717) is 38.2 Å². The summed E-state index contributed by atoms with van der Waals surface area (Å²) in [5.41, 5.74) is 0.683. The molecule has 0 saturated heterocycles. The molecule has 1 amide bonds. The average Bonchev–Trinajstić information content (AvgIpc) is 3.32. The predicted molar refractivity (Wildman–Crippen MR) is 142 cm³/mol. The molecule has 38 heavy (non-hydrogen) atoms. The number of hydrogen-bond acceptors (Lipinski definition) is 5. The number of rotatable bonds is 7. The fourth-order valence-corrected chi connectivity index (χ4v) is 6.29. The highest BCUT2D eigenvalue weighted by molar-refractivity contribution is 8.15. The van der Waals surface area contributed by atoms with Gasteiger partial charge in [-0.05, 0) is 49.4 Å². The fraction of sp³-hybridized carbons (Fsp3) is 0.407. The monoisotopic (exact) mass is 542 g/mol. The minimum Gasteiger partial charge on any atom is -0.359 e. The Balaban J connectivity index is 1.74. The van der Waals surface area contributed by atoms with Crippen LogP contribution >= 0.6 is 11.8 Å². The third-order valence-electron chi connectivity index (χ3n) is 6.77. The zero-order valence-electron chi connectivity index (χ0n) is 21.0. The lowest BCUT2D eigenvalue weighted by atomic mass is 9.86. The Morgan fingerprint density at radius 2 is 2.00 bits per heavy atom. The maximum Gasteiger partial charge on any atom is 0.250 e. The Labute approximate surface area is 224 Å². The fourth-order valence-electron chi connectivity index (χ4n) is 4.86. The second-order valence-corrected chi connectivity index (χ2v) is 10.4. The van der Waals surface area contributed by atoms with Crippen molar-refractivity contribution in [1.29, 1.82) is 5.26 Å². The number of carbonyl (C=O) groups excluding carboxylic acids is 1. The first-order valence-corrected chi connectivity index (χ1v) is 13.4. The largest absolute Gasteiger partial charge is 0.359 e. The number of alkyl halides is 1. The minimum atomic E-state index is -1.29. The van der Waals surface area contributed by atoms with Gasteiger partial charge in [-0.15, -0.1) is 4.99 Å². The minimum absolute atomic E-state index is 0.0530. The summed E-state index contributed by atoms with van der Waals surface area (Å²) < 4.78 is 44.0. The van der Waals surface area contributed by atoms with Crippen molar-refractivity contribution >= 4 is 28.7 Å². The van der Waals surface area contributed by atoms with E-state index in [-0.39, 0.29) is 10.6 Å². The molecule has 2 aromatic carbocycles. The number of guanidine groups is 1. The number of benzene rings is 2. The van der Waals surface area contributed by atoms with E-state index in [4.69, 9.17) is 5.26 Å². The van der Waals surface area contributed by atoms with Crippen LogP contribution in [0.2, 0.25) is 0 Å². The van der Waals surface area contributed by atoms with Gasteiger partial charge in [0.15, 0.2) is 0 Å². The number of carbonyl (C=O) groups is 1. The van der Waals surface area contributed by atoms with Crippen molar-refractivity contribution in [2.75, 3.05) is 13.6 Å². The van der Waals surface area contributed by atoms with Gasteiger partial charge < -0.3 is 10.6 Å². The van der Waals surface area contributed by atoms with E-state index in [9.17, 15) is 18.0 Å². The van der Waals surface area contributed by atoms with Gasteiger partial charge in [0.1, 0.15) is 27.7 Å². The first kappa shape index (κ1) is 27.5. The third-order valence-corrected chi connectivity index (χ3v) is 8.22. The van der Waals surface area contributed by atoms with Gasteiger partial charge in [-0.25, -0.2) is 18.2 Å². The number of thioether (sulfide) groups is 1. The Bertz CT molecular complexity index is 1250. The first-order chi connectivity index (χ1) is 18.4. The van der Waals surface area contributed by atoms with Crippen LogP contribution in [0.15, 0.2) is 58.6 Å². The number of nitriles is 1. The molecule has 200 valence electrons. The number of nitrogens with one attached hydrogen (secondary N) is 2. The van der Waals surface area contributed by atoms with Gasteiger partial charge in [0.25, 0.3) is 0 Å². The molecule has 0 spiro atoms. The number of hydrogen-bond donors (Lipinski definition) is 2. The average molecular weight is 543 g/mol. The van der Waals surface area contributed by atoms with Gasteiger partial charge in [-0.1, -0.05) is 54.9 Å². The zero-order chi connectivity index (χ0) is 27.1. The summed E-state index contributed by atoms with van der Waals surface area (Å²) in [6, 6.07) is 12.3. The number of aliphatic imine (C=N–C) groups is 1. The van der Waals surface area contributed by atoms with Crippen molar-refractivity contribution < 1.29 is 18.0 Å². The second-order valence-electron chi connectivity index (χ2n) is 9.18. The normalized spacial score (nSPS) is 23.5. The number of hydrazone groups is 1. The maximum absolute atomic E-state index is 15.0. The summed E-state index contributed by atoms with van der Waals surface area (Å²) >= 11 is 1.16. The second kappa shape index (κ2) is 12.3. The van der Waals surface area contributed by atoms with E-state index in [1.807, 2.05) is 30.3 Å². The van der Waals surface area contributed by atoms with Gasteiger partial charge in [-0.3, -0.25) is 4.79 Å². The molecular formula is C27H29F3N6OS. The Kier molecular flexibility index (Phi) is 8.94. The highest BCUT2D eigenvalue weighted by Crippen LogP contribution is 2.51. The van der Waals surface area contributed by atoms with Gasteiger partial charge in [0.05, 0.1) is 5.92 Å². The summed E-state index contributed by atoms with van der Waals surface area (Å²) in [6.07, 6.45) is 3.45. The molecule has 3 unspecified atom stereocenters. The van der Waals surface area contributed by atoms with Gasteiger partial charge in [0, 0.05) is 19.2 Å². The molecule has 7 nitrogen and oxygen atoms in total. The van der Waals surface area contributed by atoms with Crippen molar-refractivity contribution in [3.05, 3.63) is 71.3 Å². The van der Waals surface area contributed by atoms with Crippen LogP contribution in [0.5, 0.6) is 0 Å². The van der Waals surface area contributed by atoms with Crippen molar-refractivity contribution in [2.45, 2.75) is 49.6 Å². The molecule has 1 aliphatic carbocycles. The molecule has 3 atom stereocenters. The molecule has 0 radical (unpaired) electrons. The highest BCUT2D eigenvalue weighted by atomic mass is 32.2. The molecule has 0 aromatic heterocycles. The molecule has 1 aliphatic heterocycles. The molecule has 2 N–H and O–H groups in total. The van der Waals surface area contributed by atoms with Gasteiger partial charge in [0.2, 0.25) is 18.1 Å². The topological polar surface area (TPSA) is 92.9 Å². The molecule has 2 aromatic rings. The first-order valence-electron chi connectivity index (χ1n) is 12.5. The molecule has 2 aliphatic rings. The summed E-state index contributed by atoms with van der Waals surface area (Å²) in [5, 5.41) is 20.7. The van der Waals surface area contributed by atoms with Crippen LogP contribution in [-0.2, 0) is 9.67 Å². The van der Waals surface area contributed by atoms with Crippen molar-refractivity contribution in [2.24, 2.45) is 16.0 Å². The molecular weight excluding hydrogens is 513 g/mol. The zero-order valence-corrected chi connectivity index (χ0v) is 21.8. The Morgan fingerprint density at radius 1 is 1.24 bits per heavy atom. The van der Waals surface area contributed by atoms with Crippen LogP contribution in [-0.4, -0.2) is 41.7 Å². The van der Waals surface area contributed by atoms with Crippen LogP contribution in [0.4, 0.5) is 13.2 Å². The predicted octanol–water partition coefficient (Wildman–Crippen LogP) is 5.01. The Morgan fingerprint density at radius 3 is 2.71 bits per heavy atom. The van der Waals surface area contributed by atoms with E-state index in [0.717, 1.165) is 48.4 Å². The highest BCUT2D eigenvalue weighted by Gasteiger charge is 2.51. The number of halogens is 3. The molecule has 1 fully saturated rings. The molecule has 1 saturated carbocycles. The van der Waals surface area contributed by atoms with Crippen LogP contribution in [0.25, 0.3) is 0 Å². The summed E-state index contributed by atoms with van der Waals surface area (Å²) in [7, 11) is 1.63. The lowest BCUT2D eigenvalue weighted by molar-refractivity contribution is -0.142. The molecule has 4 rings (SSSR count). The van der Waals surface area contributed by atoms with Crippen molar-refractivity contribution in [1.82, 2.24) is 15.6 Å². The van der Waals surface area contributed by atoms with E-state index in [2.05, 4.69) is 20.7 Å². The maximum atomic E-state index is 15.0. The molecule has 1 heterocycles. The molecule has 0 bridgehead atoms. The van der Waals surface area contributed by atoms with Crippen molar-refractivity contribution in [3.63, 3.8) is 0 Å². The standard InChI is InChI=1S/C27H29F3N6OS/c1-32-26(34-17-31)33-15-7-14-27(18-8-3-2-4-9-18)36(25(37)20-10-5-6-11-22(20)29)35-24(38-27)21-16-19(28)12-13-23(21)30/h2-4,8-9,12-13,16,20,22H,5-7,10-11,14-15H2,1H3,(H2,32,33,34). The third kappa shape index (κ3) is 5.80. The van der Waals surface area contributed by atoms with E-state index >= 15 is 0 Å². The SMILES string of the molecule is CN/C(=N/C#N)NCCCC1(c2ccccc2)SC(c2cc(F)ccc2F)=NN1C(=O)C1CCCCC1F. The lowest BCUT2D eigenvalue weighted by Gasteiger charge is -2.38. The van der Waals surface area contributed by atoms with E-state index < -0.39 is 34.5 Å².